The number of ether oxygens (including phenoxy) is 2. The summed E-state index contributed by atoms with van der Waals surface area (Å²) in [6.07, 6.45) is 6.69. The summed E-state index contributed by atoms with van der Waals surface area (Å²) >= 11 is 6.10. The van der Waals surface area contributed by atoms with Crippen molar-refractivity contribution in [1.82, 2.24) is 19.4 Å². The number of benzene rings is 3. The van der Waals surface area contributed by atoms with E-state index in [1.807, 2.05) is 45.0 Å². The Bertz CT molecular complexity index is 1820. The molecule has 0 spiro atoms. The SMILES string of the molecule is C[C@H](c1ccc(-c2ccc(Cl)cc2)cc1)N1CCN(S(=O)(=O)c2ccc(OCC3CCCCC3)cc2)[C@H](C(=O)N2CCC(NC(=O)OC(C)(C)C)CC2)C1. The molecule has 2 aliphatic heterocycles. The van der Waals surface area contributed by atoms with Crippen LogP contribution in [0.4, 0.5) is 4.79 Å². The number of carbonyl (C=O) groups excluding carboxylic acids is 2. The molecule has 12 heteroatoms. The molecule has 0 aromatic heterocycles. The first-order valence-electron chi connectivity index (χ1n) is 19.4. The van der Waals surface area contributed by atoms with Gasteiger partial charge in [-0.3, -0.25) is 9.69 Å². The van der Waals surface area contributed by atoms with Crippen LogP contribution in [0.3, 0.4) is 0 Å². The second-order valence-corrected chi connectivity index (χ2v) is 18.3. The normalized spacial score (nSPS) is 20.3. The van der Waals surface area contributed by atoms with E-state index in [-0.39, 0.29) is 36.0 Å². The maximum Gasteiger partial charge on any atom is 0.407 e. The molecule has 3 aromatic carbocycles. The van der Waals surface area contributed by atoms with Crippen LogP contribution in [0.15, 0.2) is 77.7 Å². The summed E-state index contributed by atoms with van der Waals surface area (Å²) in [5.41, 5.74) is 2.60. The molecule has 2 saturated heterocycles. The molecule has 3 aliphatic rings. The average molecular weight is 779 g/mol. The number of hydrogen-bond acceptors (Lipinski definition) is 7. The molecule has 1 N–H and O–H groups in total. The Kier molecular flexibility index (Phi) is 12.9. The minimum absolute atomic E-state index is 0.0613. The fourth-order valence-electron chi connectivity index (χ4n) is 7.78. The summed E-state index contributed by atoms with van der Waals surface area (Å²) in [6.45, 7) is 9.87. The Labute approximate surface area is 326 Å². The highest BCUT2D eigenvalue weighted by atomic mass is 35.5. The smallest absolute Gasteiger partial charge is 0.407 e. The Hall–Kier alpha value is -3.64. The number of nitrogens with one attached hydrogen (secondary N) is 1. The Balaban J connectivity index is 1.17. The molecule has 0 radical (unpaired) electrons. The van der Waals surface area contributed by atoms with E-state index < -0.39 is 27.8 Å². The third kappa shape index (κ3) is 10.2. The van der Waals surface area contributed by atoms with Crippen molar-refractivity contribution < 1.29 is 27.5 Å². The predicted molar refractivity (Wildman–Crippen MR) is 212 cm³/mol. The van der Waals surface area contributed by atoms with Gasteiger partial charge in [-0.15, -0.1) is 0 Å². The van der Waals surface area contributed by atoms with Gasteiger partial charge in [0.2, 0.25) is 15.9 Å². The van der Waals surface area contributed by atoms with Gasteiger partial charge in [0.15, 0.2) is 0 Å². The zero-order valence-corrected chi connectivity index (χ0v) is 33.6. The van der Waals surface area contributed by atoms with E-state index in [1.165, 1.54) is 36.4 Å². The number of halogens is 1. The standard InChI is InChI=1S/C42H55ClN4O6S/c1-30(32-10-12-33(13-11-32)34-14-16-35(43)17-15-34)46-26-27-47(54(50,51)38-20-18-37(19-21-38)52-29-31-8-6-5-7-9-31)39(28-46)40(48)45-24-22-36(23-25-45)44-41(49)53-42(2,3)4/h10-21,30-31,36,39H,5-9,22-29H2,1-4H3,(H,44,49)/t30-,39+/m1/s1. The molecule has 3 fully saturated rings. The van der Waals surface area contributed by atoms with Crippen molar-refractivity contribution in [3.05, 3.63) is 83.4 Å². The number of nitrogens with zero attached hydrogens (tertiary/aromatic N) is 3. The topological polar surface area (TPSA) is 108 Å². The maximum absolute atomic E-state index is 14.4. The second kappa shape index (κ2) is 17.4. The molecule has 2 amide bonds. The summed E-state index contributed by atoms with van der Waals surface area (Å²) in [5.74, 6) is 0.958. The van der Waals surface area contributed by atoms with Gasteiger partial charge in [-0.2, -0.15) is 4.31 Å². The van der Waals surface area contributed by atoms with Crippen molar-refractivity contribution in [3.63, 3.8) is 0 Å². The first-order chi connectivity index (χ1) is 25.8. The van der Waals surface area contributed by atoms with Crippen LogP contribution in [0.25, 0.3) is 11.1 Å². The van der Waals surface area contributed by atoms with Crippen molar-refractivity contribution in [1.29, 1.82) is 0 Å². The number of sulfonamides is 1. The van der Waals surface area contributed by atoms with E-state index in [0.717, 1.165) is 16.7 Å². The van der Waals surface area contributed by atoms with Gasteiger partial charge in [-0.25, -0.2) is 13.2 Å². The summed E-state index contributed by atoms with van der Waals surface area (Å²) < 4.78 is 41.6. The third-order valence-electron chi connectivity index (χ3n) is 10.9. The highest BCUT2D eigenvalue weighted by Crippen LogP contribution is 2.32. The fourth-order valence-corrected chi connectivity index (χ4v) is 9.47. The first kappa shape index (κ1) is 40.0. The molecule has 1 saturated carbocycles. The lowest BCUT2D eigenvalue weighted by atomic mass is 9.90. The number of amides is 2. The number of rotatable bonds is 10. The number of hydrogen-bond donors (Lipinski definition) is 1. The van der Waals surface area contributed by atoms with Crippen molar-refractivity contribution in [2.24, 2.45) is 5.92 Å². The lowest BCUT2D eigenvalue weighted by molar-refractivity contribution is -0.138. The fraction of sp³-hybridized carbons (Fsp3) is 0.524. The minimum Gasteiger partial charge on any atom is -0.493 e. The Morgan fingerprint density at radius 1 is 0.833 bits per heavy atom. The molecule has 0 bridgehead atoms. The zero-order valence-electron chi connectivity index (χ0n) is 32.0. The van der Waals surface area contributed by atoms with Gasteiger partial charge in [0, 0.05) is 49.8 Å². The maximum atomic E-state index is 14.4. The van der Waals surface area contributed by atoms with Crippen LogP contribution in [-0.4, -0.2) is 91.5 Å². The van der Waals surface area contributed by atoms with Gasteiger partial charge in [0.25, 0.3) is 0 Å². The van der Waals surface area contributed by atoms with Crippen LogP contribution in [0, 0.1) is 5.92 Å². The van der Waals surface area contributed by atoms with E-state index in [2.05, 4.69) is 41.4 Å². The van der Waals surface area contributed by atoms with E-state index in [1.54, 1.807) is 29.2 Å². The van der Waals surface area contributed by atoms with Crippen LogP contribution in [0.1, 0.15) is 84.2 Å². The average Bonchev–Trinajstić information content (AvgIpc) is 3.17. The summed E-state index contributed by atoms with van der Waals surface area (Å²) in [4.78, 5) is 30.9. The van der Waals surface area contributed by atoms with Crippen LogP contribution in [0.2, 0.25) is 5.02 Å². The van der Waals surface area contributed by atoms with Crippen LogP contribution < -0.4 is 10.1 Å². The molecular weight excluding hydrogens is 724 g/mol. The number of likely N-dealkylation sites (tertiary alicyclic amines) is 1. The highest BCUT2D eigenvalue weighted by Gasteiger charge is 2.43. The van der Waals surface area contributed by atoms with Crippen LogP contribution >= 0.6 is 11.6 Å². The number of piperidine rings is 1. The molecule has 292 valence electrons. The summed E-state index contributed by atoms with van der Waals surface area (Å²) in [6, 6.07) is 21.6. The van der Waals surface area contributed by atoms with Crippen molar-refractivity contribution in [2.45, 2.75) is 101 Å². The van der Waals surface area contributed by atoms with Crippen molar-refractivity contribution in [2.75, 3.05) is 39.3 Å². The molecule has 2 heterocycles. The van der Waals surface area contributed by atoms with Gasteiger partial charge < -0.3 is 19.7 Å². The van der Waals surface area contributed by atoms with Gasteiger partial charge in [0.1, 0.15) is 17.4 Å². The molecule has 54 heavy (non-hydrogen) atoms. The quantitative estimate of drug-likeness (QED) is 0.223. The van der Waals surface area contributed by atoms with Crippen molar-refractivity contribution >= 4 is 33.6 Å². The van der Waals surface area contributed by atoms with Crippen LogP contribution in [0.5, 0.6) is 5.75 Å². The molecule has 6 rings (SSSR count). The molecule has 0 unspecified atom stereocenters. The highest BCUT2D eigenvalue weighted by molar-refractivity contribution is 7.89. The summed E-state index contributed by atoms with van der Waals surface area (Å²) in [7, 11) is -4.02. The number of alkyl carbamates (subject to hydrolysis) is 1. The largest absolute Gasteiger partial charge is 0.493 e. The van der Waals surface area contributed by atoms with Crippen LogP contribution in [-0.2, 0) is 19.6 Å². The van der Waals surface area contributed by atoms with E-state index in [0.29, 0.717) is 55.8 Å². The van der Waals surface area contributed by atoms with Gasteiger partial charge in [-0.05, 0) is 112 Å². The lowest BCUT2D eigenvalue weighted by Crippen LogP contribution is -2.62. The molecular formula is C42H55ClN4O6S. The Morgan fingerprint density at radius 2 is 1.44 bits per heavy atom. The molecule has 10 nitrogen and oxygen atoms in total. The minimum atomic E-state index is -4.02. The van der Waals surface area contributed by atoms with Gasteiger partial charge in [-0.1, -0.05) is 67.3 Å². The lowest BCUT2D eigenvalue weighted by Gasteiger charge is -2.44. The Morgan fingerprint density at radius 3 is 2.06 bits per heavy atom. The first-order valence-corrected chi connectivity index (χ1v) is 21.2. The summed E-state index contributed by atoms with van der Waals surface area (Å²) in [5, 5.41) is 3.62. The zero-order chi connectivity index (χ0) is 38.5. The molecule has 1 aliphatic carbocycles. The van der Waals surface area contributed by atoms with E-state index in [4.69, 9.17) is 21.1 Å². The molecule has 3 aromatic rings. The van der Waals surface area contributed by atoms with Crippen molar-refractivity contribution in [3.8, 4) is 16.9 Å². The third-order valence-corrected chi connectivity index (χ3v) is 13.1. The predicted octanol–water partition coefficient (Wildman–Crippen LogP) is 7.92. The second-order valence-electron chi connectivity index (χ2n) is 16.0. The van der Waals surface area contributed by atoms with E-state index in [9.17, 15) is 18.0 Å². The number of carbonyl (C=O) groups is 2. The number of piperazine rings is 1. The van der Waals surface area contributed by atoms with Gasteiger partial charge >= 0.3 is 6.09 Å². The monoisotopic (exact) mass is 778 g/mol. The van der Waals surface area contributed by atoms with Gasteiger partial charge in [0.05, 0.1) is 11.5 Å². The molecule has 2 atom stereocenters. The van der Waals surface area contributed by atoms with E-state index >= 15 is 0 Å².